The van der Waals surface area contributed by atoms with Gasteiger partial charge in [0, 0.05) is 24.8 Å². The molecule has 4 nitrogen and oxygen atoms in total. The summed E-state index contributed by atoms with van der Waals surface area (Å²) < 4.78 is 33.2. The predicted molar refractivity (Wildman–Crippen MR) is 76.5 cm³/mol. The van der Waals surface area contributed by atoms with Crippen molar-refractivity contribution in [2.24, 2.45) is 0 Å². The largest absolute Gasteiger partial charge is 0.505 e. The molecule has 0 bridgehead atoms. The number of nitrogens with zero attached hydrogens (tertiary/aromatic N) is 2. The van der Waals surface area contributed by atoms with Gasteiger partial charge in [-0.3, -0.25) is 9.88 Å². The third-order valence-corrected chi connectivity index (χ3v) is 3.77. The summed E-state index contributed by atoms with van der Waals surface area (Å²) in [5.41, 5.74) is 0.477. The van der Waals surface area contributed by atoms with E-state index in [-0.39, 0.29) is 5.69 Å². The fraction of sp³-hybridized carbons (Fsp3) is 0.312. The maximum atomic E-state index is 14.2. The monoisotopic (exact) mass is 306 g/mol. The number of benzene rings is 1. The number of hydrogen-bond donors (Lipinski definition) is 1. The van der Waals surface area contributed by atoms with Gasteiger partial charge in [0.2, 0.25) is 0 Å². The quantitative estimate of drug-likeness (QED) is 0.946. The van der Waals surface area contributed by atoms with Crippen molar-refractivity contribution in [3.63, 3.8) is 0 Å². The van der Waals surface area contributed by atoms with E-state index in [0.717, 1.165) is 0 Å². The van der Waals surface area contributed by atoms with Gasteiger partial charge in [-0.15, -0.1) is 0 Å². The van der Waals surface area contributed by atoms with Gasteiger partial charge in [-0.1, -0.05) is 12.1 Å². The number of phenolic OH excluding ortho intramolecular Hbond substituents is 1. The van der Waals surface area contributed by atoms with Crippen molar-refractivity contribution in [3.05, 3.63) is 59.4 Å². The summed E-state index contributed by atoms with van der Waals surface area (Å²) in [4.78, 5) is 6.04. The number of aromatic hydroxyl groups is 1. The zero-order valence-corrected chi connectivity index (χ0v) is 11.9. The van der Waals surface area contributed by atoms with Crippen molar-refractivity contribution < 1.29 is 18.6 Å². The van der Waals surface area contributed by atoms with E-state index in [1.807, 2.05) is 4.90 Å². The Morgan fingerprint density at radius 2 is 1.82 bits per heavy atom. The van der Waals surface area contributed by atoms with Gasteiger partial charge in [0.1, 0.15) is 5.82 Å². The lowest BCUT2D eigenvalue weighted by molar-refractivity contribution is 0.0221. The molecule has 1 atom stereocenters. The molecule has 1 N–H and O–H groups in total. The number of morpholine rings is 1. The van der Waals surface area contributed by atoms with E-state index < -0.39 is 23.4 Å². The lowest BCUT2D eigenvalue weighted by Gasteiger charge is -2.34. The number of ether oxygens (including phenoxy) is 1. The first-order valence-electron chi connectivity index (χ1n) is 7.08. The van der Waals surface area contributed by atoms with Crippen molar-refractivity contribution >= 4 is 0 Å². The molecule has 1 aliphatic rings. The molecule has 3 rings (SSSR count). The Balaban J connectivity index is 2.10. The predicted octanol–water partition coefficient (Wildman–Crippen LogP) is 2.49. The van der Waals surface area contributed by atoms with Crippen molar-refractivity contribution in [1.29, 1.82) is 0 Å². The third-order valence-electron chi connectivity index (χ3n) is 3.77. The number of halogens is 2. The molecule has 22 heavy (non-hydrogen) atoms. The summed E-state index contributed by atoms with van der Waals surface area (Å²) in [6.45, 7) is 2.11. The molecule has 116 valence electrons. The Labute approximate surface area is 127 Å². The minimum atomic E-state index is -0.730. The second-order valence-corrected chi connectivity index (χ2v) is 5.10. The second kappa shape index (κ2) is 6.37. The van der Waals surface area contributed by atoms with Gasteiger partial charge in [0.05, 0.1) is 24.9 Å². The van der Waals surface area contributed by atoms with Crippen LogP contribution in [0.1, 0.15) is 17.3 Å². The van der Waals surface area contributed by atoms with Crippen LogP contribution in [0.3, 0.4) is 0 Å². The van der Waals surface area contributed by atoms with Crippen LogP contribution in [0, 0.1) is 11.6 Å². The molecule has 0 saturated carbocycles. The smallest absolute Gasteiger partial charge is 0.165 e. The summed E-state index contributed by atoms with van der Waals surface area (Å²) in [7, 11) is 0. The van der Waals surface area contributed by atoms with Crippen LogP contribution in [-0.4, -0.2) is 41.3 Å². The average molecular weight is 306 g/mol. The molecule has 6 heteroatoms. The molecular formula is C16H16F2N2O2. The number of para-hydroxylation sites is 1. The Kier molecular flexibility index (Phi) is 4.31. The van der Waals surface area contributed by atoms with Gasteiger partial charge >= 0.3 is 0 Å². The highest BCUT2D eigenvalue weighted by Gasteiger charge is 2.30. The highest BCUT2D eigenvalue weighted by atomic mass is 19.1. The van der Waals surface area contributed by atoms with Crippen LogP contribution in [0.25, 0.3) is 0 Å². The Bertz CT molecular complexity index is 660. The Hall–Kier alpha value is -2.05. The maximum Gasteiger partial charge on any atom is 0.165 e. The maximum absolute atomic E-state index is 14.2. The highest BCUT2D eigenvalue weighted by molar-refractivity contribution is 5.40. The summed E-state index contributed by atoms with van der Waals surface area (Å²) >= 11 is 0. The van der Waals surface area contributed by atoms with Gasteiger partial charge in [0.15, 0.2) is 11.6 Å². The van der Waals surface area contributed by atoms with Gasteiger partial charge in [0.25, 0.3) is 0 Å². The lowest BCUT2D eigenvalue weighted by atomic mass is 9.99. The average Bonchev–Trinajstić information content (AvgIpc) is 2.54. The molecule has 0 radical (unpaired) electrons. The molecule has 1 fully saturated rings. The molecule has 1 aliphatic heterocycles. The first-order chi connectivity index (χ1) is 10.7. The van der Waals surface area contributed by atoms with Crippen molar-refractivity contribution in [1.82, 2.24) is 9.88 Å². The van der Waals surface area contributed by atoms with Crippen LogP contribution in [0.15, 0.2) is 36.5 Å². The van der Waals surface area contributed by atoms with Gasteiger partial charge in [-0.25, -0.2) is 8.78 Å². The summed E-state index contributed by atoms with van der Waals surface area (Å²) in [5.74, 6) is -1.68. The van der Waals surface area contributed by atoms with Crippen LogP contribution in [-0.2, 0) is 4.74 Å². The van der Waals surface area contributed by atoms with E-state index in [9.17, 15) is 13.9 Å². The van der Waals surface area contributed by atoms with E-state index in [0.29, 0.717) is 31.9 Å². The Morgan fingerprint density at radius 3 is 2.55 bits per heavy atom. The van der Waals surface area contributed by atoms with E-state index in [1.54, 1.807) is 6.07 Å². The molecule has 2 aromatic rings. The van der Waals surface area contributed by atoms with E-state index in [1.165, 1.54) is 30.5 Å². The van der Waals surface area contributed by atoms with E-state index in [4.69, 9.17) is 4.74 Å². The molecule has 0 amide bonds. The number of rotatable bonds is 3. The van der Waals surface area contributed by atoms with Crippen molar-refractivity contribution in [3.8, 4) is 5.75 Å². The molecule has 2 heterocycles. The van der Waals surface area contributed by atoms with Crippen molar-refractivity contribution in [2.45, 2.75) is 6.04 Å². The number of hydrogen-bond acceptors (Lipinski definition) is 4. The zero-order valence-electron chi connectivity index (χ0n) is 11.9. The van der Waals surface area contributed by atoms with Gasteiger partial charge in [-0.2, -0.15) is 0 Å². The second-order valence-electron chi connectivity index (χ2n) is 5.10. The third kappa shape index (κ3) is 2.80. The van der Waals surface area contributed by atoms with Crippen LogP contribution in [0.4, 0.5) is 8.78 Å². The van der Waals surface area contributed by atoms with Crippen LogP contribution >= 0.6 is 0 Å². The highest BCUT2D eigenvalue weighted by Crippen LogP contribution is 2.35. The SMILES string of the molecule is Oc1c(F)cccc1C(c1ncccc1F)N1CCOCC1. The number of aromatic nitrogens is 1. The van der Waals surface area contributed by atoms with Crippen LogP contribution in [0.5, 0.6) is 5.75 Å². The molecular weight excluding hydrogens is 290 g/mol. The molecule has 0 aliphatic carbocycles. The first kappa shape index (κ1) is 14.9. The zero-order chi connectivity index (χ0) is 15.5. The Morgan fingerprint density at radius 1 is 1.09 bits per heavy atom. The van der Waals surface area contributed by atoms with Gasteiger partial charge < -0.3 is 9.84 Å². The lowest BCUT2D eigenvalue weighted by Crippen LogP contribution is -2.40. The summed E-state index contributed by atoms with van der Waals surface area (Å²) in [6, 6.07) is 6.42. The van der Waals surface area contributed by atoms with Crippen LogP contribution < -0.4 is 0 Å². The van der Waals surface area contributed by atoms with Gasteiger partial charge in [-0.05, 0) is 18.2 Å². The standard InChI is InChI=1S/C16H16F2N2O2/c17-12-5-2-6-19-14(12)15(20-7-9-22-10-8-20)11-3-1-4-13(18)16(11)21/h1-6,15,21H,7-10H2. The summed E-state index contributed by atoms with van der Waals surface area (Å²) in [6.07, 6.45) is 1.49. The molecule has 0 spiro atoms. The number of phenols is 1. The van der Waals surface area contributed by atoms with E-state index in [2.05, 4.69) is 4.98 Å². The molecule has 1 aromatic heterocycles. The molecule has 1 unspecified atom stereocenters. The summed E-state index contributed by atoms with van der Waals surface area (Å²) in [5, 5.41) is 10.1. The van der Waals surface area contributed by atoms with E-state index >= 15 is 0 Å². The minimum absolute atomic E-state index is 0.172. The topological polar surface area (TPSA) is 45.6 Å². The molecule has 1 aromatic carbocycles. The fourth-order valence-electron chi connectivity index (χ4n) is 2.70. The molecule has 1 saturated heterocycles. The minimum Gasteiger partial charge on any atom is -0.505 e. The van der Waals surface area contributed by atoms with Crippen LogP contribution in [0.2, 0.25) is 0 Å². The van der Waals surface area contributed by atoms with Crippen molar-refractivity contribution in [2.75, 3.05) is 26.3 Å². The number of pyridine rings is 1. The first-order valence-corrected chi connectivity index (χ1v) is 7.08. The fourth-order valence-corrected chi connectivity index (χ4v) is 2.70. The normalized spacial score (nSPS) is 17.4.